The van der Waals surface area contributed by atoms with Crippen molar-refractivity contribution in [3.63, 3.8) is 0 Å². The Hall–Kier alpha value is -3.16. The lowest BCUT2D eigenvalue weighted by Crippen LogP contribution is -2.32. The molecular weight excluding hydrogens is 373 g/mol. The molecule has 7 nitrogen and oxygen atoms in total. The molecular formula is C21H26FN5O2. The zero-order valence-corrected chi connectivity index (χ0v) is 17.2. The molecule has 0 aliphatic carbocycles. The lowest BCUT2D eigenvalue weighted by molar-refractivity contribution is 0.296. The first-order chi connectivity index (χ1) is 13.8. The van der Waals surface area contributed by atoms with Crippen LogP contribution in [0.5, 0.6) is 5.75 Å². The Labute approximate surface area is 169 Å². The van der Waals surface area contributed by atoms with Crippen LogP contribution in [0.25, 0.3) is 17.1 Å². The van der Waals surface area contributed by atoms with Crippen molar-refractivity contribution in [2.75, 3.05) is 13.2 Å². The Balaban J connectivity index is 2.12. The molecule has 2 aromatic rings. The summed E-state index contributed by atoms with van der Waals surface area (Å²) in [4.78, 5) is 9.02. The van der Waals surface area contributed by atoms with Crippen LogP contribution >= 0.6 is 0 Å². The summed E-state index contributed by atoms with van der Waals surface area (Å²) < 4.78 is 27.7. The molecule has 8 heteroatoms. The zero-order valence-electron chi connectivity index (χ0n) is 17.2. The van der Waals surface area contributed by atoms with Crippen LogP contribution in [0, 0.1) is 11.2 Å². The first kappa shape index (κ1) is 20.6. The minimum absolute atomic E-state index is 0.125. The molecule has 0 unspecified atom stereocenters. The third-order valence-corrected chi connectivity index (χ3v) is 4.24. The molecule has 0 bridgehead atoms. The van der Waals surface area contributed by atoms with Crippen molar-refractivity contribution in [3.05, 3.63) is 42.0 Å². The number of hydrogen-bond donors (Lipinski definition) is 2. The fraction of sp³-hybridized carbons (Fsp3) is 0.381. The molecule has 2 heterocycles. The van der Waals surface area contributed by atoms with Crippen LogP contribution in [-0.4, -0.2) is 40.5 Å². The number of nitrogens with one attached hydrogen (secondary N) is 2. The van der Waals surface area contributed by atoms with Gasteiger partial charge in [0.1, 0.15) is 41.3 Å². The second kappa shape index (κ2) is 8.46. The van der Waals surface area contributed by atoms with Gasteiger partial charge in [-0.3, -0.25) is 5.41 Å². The van der Waals surface area contributed by atoms with E-state index in [2.05, 4.69) is 16.9 Å². The standard InChI is InChI=1S/C21H26FN5O2/c1-6-28-13(4)15-9-16-19(10-17(15)22)29-8-7-27-11-18(26-21(16)27)20(24-12(2)3)25-14(5)23/h9-12H,4,6-8H2,1-3,5H3,(H2,23,24,25). The summed E-state index contributed by atoms with van der Waals surface area (Å²) in [5.41, 5.74) is 1.54. The number of ether oxygens (including phenoxy) is 2. The van der Waals surface area contributed by atoms with Crippen molar-refractivity contribution < 1.29 is 13.9 Å². The van der Waals surface area contributed by atoms with Crippen molar-refractivity contribution in [1.82, 2.24) is 14.9 Å². The first-order valence-electron chi connectivity index (χ1n) is 9.56. The largest absolute Gasteiger partial charge is 0.494 e. The number of amidine groups is 2. The molecule has 1 aliphatic rings. The van der Waals surface area contributed by atoms with E-state index < -0.39 is 5.82 Å². The molecule has 2 N–H and O–H groups in total. The van der Waals surface area contributed by atoms with Crippen LogP contribution in [0.2, 0.25) is 0 Å². The van der Waals surface area contributed by atoms with E-state index in [0.29, 0.717) is 48.4 Å². The lowest BCUT2D eigenvalue weighted by Gasteiger charge is -2.13. The fourth-order valence-corrected chi connectivity index (χ4v) is 3.09. The quantitative estimate of drug-likeness (QED) is 0.455. The highest BCUT2D eigenvalue weighted by molar-refractivity contribution is 6.04. The summed E-state index contributed by atoms with van der Waals surface area (Å²) in [5.74, 6) is 1.57. The van der Waals surface area contributed by atoms with Crippen molar-refractivity contribution >= 4 is 17.4 Å². The number of halogens is 1. The molecule has 0 saturated carbocycles. The second-order valence-electron chi connectivity index (χ2n) is 7.02. The molecule has 0 spiro atoms. The van der Waals surface area contributed by atoms with Gasteiger partial charge in [0.15, 0.2) is 5.84 Å². The maximum Gasteiger partial charge on any atom is 0.155 e. The maximum atomic E-state index is 14.6. The van der Waals surface area contributed by atoms with Crippen LogP contribution in [-0.2, 0) is 11.3 Å². The number of imidazole rings is 1. The first-order valence-corrected chi connectivity index (χ1v) is 9.56. The minimum Gasteiger partial charge on any atom is -0.494 e. The van der Waals surface area contributed by atoms with Crippen molar-refractivity contribution in [1.29, 1.82) is 5.41 Å². The van der Waals surface area contributed by atoms with E-state index in [0.717, 1.165) is 0 Å². The van der Waals surface area contributed by atoms with Crippen molar-refractivity contribution in [3.8, 4) is 17.1 Å². The third kappa shape index (κ3) is 4.47. The predicted octanol–water partition coefficient (Wildman–Crippen LogP) is 3.83. The average Bonchev–Trinajstić information content (AvgIpc) is 2.97. The van der Waals surface area contributed by atoms with E-state index in [-0.39, 0.29) is 23.2 Å². The number of aliphatic imine (C=N–C) groups is 1. The predicted molar refractivity (Wildman–Crippen MR) is 112 cm³/mol. The molecule has 154 valence electrons. The average molecular weight is 399 g/mol. The van der Waals surface area contributed by atoms with Gasteiger partial charge in [0.2, 0.25) is 0 Å². The highest BCUT2D eigenvalue weighted by Crippen LogP contribution is 2.36. The van der Waals surface area contributed by atoms with E-state index >= 15 is 0 Å². The van der Waals surface area contributed by atoms with Crippen LogP contribution < -0.4 is 10.1 Å². The summed E-state index contributed by atoms with van der Waals surface area (Å²) in [6.45, 7) is 12.6. The van der Waals surface area contributed by atoms with Crippen molar-refractivity contribution in [2.45, 2.75) is 40.3 Å². The van der Waals surface area contributed by atoms with Gasteiger partial charge in [0.25, 0.3) is 0 Å². The molecule has 29 heavy (non-hydrogen) atoms. The number of fused-ring (bicyclic) bond motifs is 3. The number of rotatable bonds is 5. The van der Waals surface area contributed by atoms with Gasteiger partial charge in [-0.2, -0.15) is 0 Å². The lowest BCUT2D eigenvalue weighted by atomic mass is 10.1. The van der Waals surface area contributed by atoms with Gasteiger partial charge in [-0.1, -0.05) is 6.58 Å². The molecule has 1 aliphatic heterocycles. The maximum absolute atomic E-state index is 14.6. The van der Waals surface area contributed by atoms with Gasteiger partial charge in [-0.25, -0.2) is 14.4 Å². The summed E-state index contributed by atoms with van der Waals surface area (Å²) in [6, 6.07) is 3.13. The summed E-state index contributed by atoms with van der Waals surface area (Å²) >= 11 is 0. The molecule has 3 rings (SSSR count). The van der Waals surface area contributed by atoms with E-state index in [1.54, 1.807) is 13.0 Å². The molecule has 0 radical (unpaired) electrons. The normalized spacial score (nSPS) is 13.2. The smallest absolute Gasteiger partial charge is 0.155 e. The Morgan fingerprint density at radius 3 is 2.90 bits per heavy atom. The molecule has 1 aromatic carbocycles. The topological polar surface area (TPSA) is 84.5 Å². The third-order valence-electron chi connectivity index (χ3n) is 4.24. The Morgan fingerprint density at radius 1 is 1.48 bits per heavy atom. The number of hydrogen-bond acceptors (Lipinski definition) is 4. The van der Waals surface area contributed by atoms with Gasteiger partial charge in [0, 0.05) is 18.3 Å². The highest BCUT2D eigenvalue weighted by atomic mass is 19.1. The summed E-state index contributed by atoms with van der Waals surface area (Å²) in [5, 5.41) is 11.0. The van der Waals surface area contributed by atoms with Crippen LogP contribution in [0.1, 0.15) is 39.0 Å². The SMILES string of the molecule is C=C(OCC)c1cc2c(cc1F)OCCn1cc(/C(=N/C(C)=N)NC(C)C)nc1-2. The van der Waals surface area contributed by atoms with Gasteiger partial charge in [0.05, 0.1) is 24.3 Å². The number of benzene rings is 1. The monoisotopic (exact) mass is 399 g/mol. The van der Waals surface area contributed by atoms with Crippen LogP contribution in [0.4, 0.5) is 4.39 Å². The Morgan fingerprint density at radius 2 is 2.24 bits per heavy atom. The number of aromatic nitrogens is 2. The summed E-state index contributed by atoms with van der Waals surface area (Å²) in [6.07, 6.45) is 1.87. The van der Waals surface area contributed by atoms with E-state index in [4.69, 9.17) is 19.9 Å². The van der Waals surface area contributed by atoms with E-state index in [9.17, 15) is 4.39 Å². The van der Waals surface area contributed by atoms with Crippen LogP contribution in [0.15, 0.2) is 29.9 Å². The summed E-state index contributed by atoms with van der Waals surface area (Å²) in [7, 11) is 0. The fourth-order valence-electron chi connectivity index (χ4n) is 3.09. The second-order valence-corrected chi connectivity index (χ2v) is 7.02. The van der Waals surface area contributed by atoms with Gasteiger partial charge >= 0.3 is 0 Å². The zero-order chi connectivity index (χ0) is 21.1. The van der Waals surface area contributed by atoms with E-state index in [1.807, 2.05) is 31.5 Å². The molecule has 0 atom stereocenters. The minimum atomic E-state index is -0.453. The molecule has 0 saturated heterocycles. The molecule has 0 amide bonds. The highest BCUT2D eigenvalue weighted by Gasteiger charge is 2.23. The Kier molecular flexibility index (Phi) is 6.00. The van der Waals surface area contributed by atoms with Gasteiger partial charge < -0.3 is 19.4 Å². The van der Waals surface area contributed by atoms with E-state index in [1.165, 1.54) is 6.07 Å². The van der Waals surface area contributed by atoms with Gasteiger partial charge in [-0.05, 0) is 33.8 Å². The number of nitrogens with zero attached hydrogens (tertiary/aromatic N) is 3. The molecule has 0 fully saturated rings. The van der Waals surface area contributed by atoms with Crippen molar-refractivity contribution in [2.24, 2.45) is 4.99 Å². The molecule has 1 aromatic heterocycles. The Bertz CT molecular complexity index is 978. The van der Waals surface area contributed by atoms with Crippen LogP contribution in [0.3, 0.4) is 0 Å². The van der Waals surface area contributed by atoms with Gasteiger partial charge in [-0.15, -0.1) is 0 Å².